The molecule has 0 aliphatic heterocycles. The third-order valence-electron chi connectivity index (χ3n) is 3.68. The van der Waals surface area contributed by atoms with Crippen molar-refractivity contribution in [1.29, 1.82) is 0 Å². The minimum Gasteiger partial charge on any atom is -0.0990 e. The molecule has 0 amide bonds. The van der Waals surface area contributed by atoms with E-state index in [0.29, 0.717) is 0 Å². The fraction of sp³-hybridized carbons (Fsp3) is 0.294. The van der Waals surface area contributed by atoms with E-state index in [0.717, 1.165) is 0 Å². The summed E-state index contributed by atoms with van der Waals surface area (Å²) < 4.78 is 0. The molecule has 0 heterocycles. The van der Waals surface area contributed by atoms with E-state index in [-0.39, 0.29) is 5.41 Å². The Morgan fingerprint density at radius 2 is 1.94 bits per heavy atom. The Bertz CT molecular complexity index is 525. The van der Waals surface area contributed by atoms with Gasteiger partial charge in [-0.3, -0.25) is 0 Å². The molecule has 2 rings (SSSR count). The summed E-state index contributed by atoms with van der Waals surface area (Å²) in [5, 5.41) is 0. The van der Waals surface area contributed by atoms with Crippen LogP contribution in [0, 0.1) is 6.92 Å². The first kappa shape index (κ1) is 11.9. The number of allylic oxidation sites excluding steroid dienone is 5. The maximum atomic E-state index is 3.83. The van der Waals surface area contributed by atoms with Crippen LogP contribution in [0.4, 0.5) is 0 Å². The van der Waals surface area contributed by atoms with Gasteiger partial charge in [0.1, 0.15) is 0 Å². The Morgan fingerprint density at radius 3 is 2.53 bits per heavy atom. The number of hydrogen-bond donors (Lipinski definition) is 0. The number of benzene rings is 1. The summed E-state index contributed by atoms with van der Waals surface area (Å²) in [5.74, 6) is 0. The standard InChI is InChI=1S/C17H20/c1-6-8-13-14-10-9-12(3)11-16(14)17(4,5)15(13)7-2/h6-11H,1H2,2-5H3/b13-8-,15-7+. The molecule has 0 nitrogen and oxygen atoms in total. The first-order chi connectivity index (χ1) is 8.02. The summed E-state index contributed by atoms with van der Waals surface area (Å²) in [5.41, 5.74) is 6.94. The van der Waals surface area contributed by atoms with Gasteiger partial charge in [0.2, 0.25) is 0 Å². The number of fused-ring (bicyclic) bond motifs is 1. The van der Waals surface area contributed by atoms with Crippen molar-refractivity contribution in [2.75, 3.05) is 0 Å². The molecule has 88 valence electrons. The van der Waals surface area contributed by atoms with Gasteiger partial charge in [0.05, 0.1) is 0 Å². The Labute approximate surface area is 104 Å². The number of hydrogen-bond acceptors (Lipinski definition) is 0. The summed E-state index contributed by atoms with van der Waals surface area (Å²) in [6, 6.07) is 6.73. The maximum absolute atomic E-state index is 3.83. The normalized spacial score (nSPS) is 21.9. The summed E-state index contributed by atoms with van der Waals surface area (Å²) in [4.78, 5) is 0. The fourth-order valence-electron chi connectivity index (χ4n) is 2.85. The van der Waals surface area contributed by atoms with Crippen LogP contribution in [0.25, 0.3) is 5.57 Å². The maximum Gasteiger partial charge on any atom is 0.0155 e. The van der Waals surface area contributed by atoms with Crippen LogP contribution in [0.5, 0.6) is 0 Å². The quantitative estimate of drug-likeness (QED) is 0.642. The third kappa shape index (κ3) is 1.68. The molecule has 1 aliphatic carbocycles. The van der Waals surface area contributed by atoms with Crippen LogP contribution in [0.2, 0.25) is 0 Å². The van der Waals surface area contributed by atoms with Crippen molar-refractivity contribution in [2.45, 2.75) is 33.1 Å². The van der Waals surface area contributed by atoms with Gasteiger partial charge < -0.3 is 0 Å². The molecule has 0 spiro atoms. The van der Waals surface area contributed by atoms with Gasteiger partial charge in [0.15, 0.2) is 0 Å². The van der Waals surface area contributed by atoms with E-state index >= 15 is 0 Å². The molecule has 1 aromatic rings. The monoisotopic (exact) mass is 224 g/mol. The summed E-state index contributed by atoms with van der Waals surface area (Å²) in [6.07, 6.45) is 6.23. The molecule has 0 atom stereocenters. The van der Waals surface area contributed by atoms with Crippen LogP contribution in [-0.2, 0) is 5.41 Å². The summed E-state index contributed by atoms with van der Waals surface area (Å²) in [7, 11) is 0. The molecule has 0 fully saturated rings. The fourth-order valence-corrected chi connectivity index (χ4v) is 2.85. The number of aryl methyl sites for hydroxylation is 1. The second kappa shape index (κ2) is 4.03. The highest BCUT2D eigenvalue weighted by Crippen LogP contribution is 2.49. The average molecular weight is 224 g/mol. The molecular weight excluding hydrogens is 204 g/mol. The summed E-state index contributed by atoms with van der Waals surface area (Å²) >= 11 is 0. The highest BCUT2D eigenvalue weighted by molar-refractivity contribution is 5.90. The Hall–Kier alpha value is -1.56. The molecular formula is C17H20. The lowest BCUT2D eigenvalue weighted by Crippen LogP contribution is -2.15. The second-order valence-electron chi connectivity index (χ2n) is 5.19. The van der Waals surface area contributed by atoms with Crippen LogP contribution in [0.3, 0.4) is 0 Å². The zero-order valence-electron chi connectivity index (χ0n) is 11.2. The van der Waals surface area contributed by atoms with E-state index in [9.17, 15) is 0 Å². The van der Waals surface area contributed by atoms with Crippen molar-refractivity contribution in [3.05, 3.63) is 65.3 Å². The molecule has 0 N–H and O–H groups in total. The molecule has 0 saturated carbocycles. The van der Waals surface area contributed by atoms with Gasteiger partial charge in [0.25, 0.3) is 0 Å². The molecule has 1 aromatic carbocycles. The Kier molecular flexibility index (Phi) is 2.82. The van der Waals surface area contributed by atoms with E-state index in [1.165, 1.54) is 27.8 Å². The lowest BCUT2D eigenvalue weighted by Gasteiger charge is -2.22. The smallest absolute Gasteiger partial charge is 0.0155 e. The topological polar surface area (TPSA) is 0 Å². The van der Waals surface area contributed by atoms with Crippen molar-refractivity contribution in [2.24, 2.45) is 0 Å². The van der Waals surface area contributed by atoms with E-state index in [2.05, 4.69) is 64.6 Å². The van der Waals surface area contributed by atoms with Crippen molar-refractivity contribution in [1.82, 2.24) is 0 Å². The van der Waals surface area contributed by atoms with Gasteiger partial charge in [-0.2, -0.15) is 0 Å². The largest absolute Gasteiger partial charge is 0.0990 e. The van der Waals surface area contributed by atoms with Crippen molar-refractivity contribution in [3.8, 4) is 0 Å². The Morgan fingerprint density at radius 1 is 1.24 bits per heavy atom. The summed E-state index contributed by atoms with van der Waals surface area (Å²) in [6.45, 7) is 12.7. The average Bonchev–Trinajstić information content (AvgIpc) is 2.48. The highest BCUT2D eigenvalue weighted by atomic mass is 14.4. The minimum atomic E-state index is 0.102. The highest BCUT2D eigenvalue weighted by Gasteiger charge is 2.37. The molecule has 0 radical (unpaired) electrons. The van der Waals surface area contributed by atoms with Gasteiger partial charge in [-0.05, 0) is 36.1 Å². The first-order valence-corrected chi connectivity index (χ1v) is 6.13. The van der Waals surface area contributed by atoms with Gasteiger partial charge in [-0.15, -0.1) is 0 Å². The van der Waals surface area contributed by atoms with Crippen LogP contribution in [0.15, 0.2) is 48.6 Å². The lowest BCUT2D eigenvalue weighted by molar-refractivity contribution is 0.659. The minimum absolute atomic E-state index is 0.102. The molecule has 0 bridgehead atoms. The van der Waals surface area contributed by atoms with Gasteiger partial charge in [0, 0.05) is 5.41 Å². The molecule has 1 aliphatic rings. The van der Waals surface area contributed by atoms with Crippen molar-refractivity contribution in [3.63, 3.8) is 0 Å². The van der Waals surface area contributed by atoms with Crippen LogP contribution >= 0.6 is 0 Å². The molecule has 0 saturated heterocycles. The third-order valence-corrected chi connectivity index (χ3v) is 3.68. The lowest BCUT2D eigenvalue weighted by atomic mass is 9.82. The predicted molar refractivity (Wildman–Crippen MR) is 76.1 cm³/mol. The molecule has 0 heteroatoms. The Balaban J connectivity index is 2.78. The molecule has 17 heavy (non-hydrogen) atoms. The van der Waals surface area contributed by atoms with E-state index in [4.69, 9.17) is 0 Å². The number of rotatable bonds is 1. The van der Waals surface area contributed by atoms with Crippen LogP contribution < -0.4 is 0 Å². The second-order valence-corrected chi connectivity index (χ2v) is 5.19. The van der Waals surface area contributed by atoms with E-state index in [1.807, 2.05) is 6.08 Å². The zero-order valence-corrected chi connectivity index (χ0v) is 11.2. The van der Waals surface area contributed by atoms with E-state index in [1.54, 1.807) is 0 Å². The SMILES string of the molecule is C=C/C=C1\C(=C/C)C(C)(C)c2cc(C)ccc21. The van der Waals surface area contributed by atoms with Gasteiger partial charge in [-0.25, -0.2) is 0 Å². The first-order valence-electron chi connectivity index (χ1n) is 6.13. The van der Waals surface area contributed by atoms with Crippen molar-refractivity contribution >= 4 is 5.57 Å². The van der Waals surface area contributed by atoms with E-state index < -0.39 is 0 Å². The van der Waals surface area contributed by atoms with Crippen molar-refractivity contribution < 1.29 is 0 Å². The van der Waals surface area contributed by atoms with Crippen LogP contribution in [-0.4, -0.2) is 0 Å². The predicted octanol–water partition coefficient (Wildman–Crippen LogP) is 4.80. The van der Waals surface area contributed by atoms with Gasteiger partial charge >= 0.3 is 0 Å². The van der Waals surface area contributed by atoms with Crippen LogP contribution in [0.1, 0.15) is 37.5 Å². The van der Waals surface area contributed by atoms with Gasteiger partial charge in [-0.1, -0.05) is 62.4 Å². The molecule has 0 unspecified atom stereocenters. The molecule has 0 aromatic heterocycles. The zero-order chi connectivity index (χ0) is 12.6.